The Kier molecular flexibility index (Phi) is 2.71. The molecule has 2 nitrogen and oxygen atoms in total. The Balaban J connectivity index is 3.13. The highest BCUT2D eigenvalue weighted by Crippen LogP contribution is 2.11. The Hall–Kier alpha value is -1.31. The molecule has 0 unspecified atom stereocenters. The number of amides is 1. The first-order valence-electron chi connectivity index (χ1n) is 4.31. The van der Waals surface area contributed by atoms with Crippen molar-refractivity contribution < 1.29 is 4.79 Å². The molecule has 0 saturated heterocycles. The molecule has 1 aromatic rings. The van der Waals surface area contributed by atoms with E-state index >= 15 is 0 Å². The van der Waals surface area contributed by atoms with Gasteiger partial charge in [0.05, 0.1) is 0 Å². The molecule has 0 saturated carbocycles. The first kappa shape index (κ1) is 9.78. The van der Waals surface area contributed by atoms with Gasteiger partial charge in [-0.1, -0.05) is 17.7 Å². The summed E-state index contributed by atoms with van der Waals surface area (Å²) in [5.74, 6) is 0.0706. The van der Waals surface area contributed by atoms with Crippen LogP contribution in [0.5, 0.6) is 0 Å². The first-order valence-corrected chi connectivity index (χ1v) is 4.31. The SMILES string of the molecule is Cc1ccc(C)c(C(=O)N(C)C)c1. The lowest BCUT2D eigenvalue weighted by molar-refractivity contribution is 0.0827. The van der Waals surface area contributed by atoms with Gasteiger partial charge in [-0.05, 0) is 25.5 Å². The monoisotopic (exact) mass is 177 g/mol. The van der Waals surface area contributed by atoms with Gasteiger partial charge in [0.2, 0.25) is 0 Å². The lowest BCUT2D eigenvalue weighted by Gasteiger charge is -2.12. The Labute approximate surface area is 79.2 Å². The van der Waals surface area contributed by atoms with E-state index in [9.17, 15) is 4.79 Å². The zero-order valence-corrected chi connectivity index (χ0v) is 8.59. The molecule has 70 valence electrons. The lowest BCUT2D eigenvalue weighted by atomic mass is 10.0. The first-order chi connectivity index (χ1) is 6.02. The standard InChI is InChI=1S/C11H15NO/c1-8-5-6-9(2)10(7-8)11(13)12(3)4/h5-7H,1-4H3. The Morgan fingerprint density at radius 1 is 1.23 bits per heavy atom. The van der Waals surface area contributed by atoms with Crippen LogP contribution in [-0.2, 0) is 0 Å². The minimum absolute atomic E-state index is 0.0706. The number of hydrogen-bond acceptors (Lipinski definition) is 1. The summed E-state index contributed by atoms with van der Waals surface area (Å²) >= 11 is 0. The predicted molar refractivity (Wildman–Crippen MR) is 53.9 cm³/mol. The molecule has 1 rings (SSSR count). The van der Waals surface area contributed by atoms with E-state index in [0.717, 1.165) is 16.7 Å². The summed E-state index contributed by atoms with van der Waals surface area (Å²) in [4.78, 5) is 13.2. The van der Waals surface area contributed by atoms with E-state index in [4.69, 9.17) is 0 Å². The van der Waals surface area contributed by atoms with Gasteiger partial charge in [0.15, 0.2) is 0 Å². The van der Waals surface area contributed by atoms with Gasteiger partial charge >= 0.3 is 0 Å². The van der Waals surface area contributed by atoms with E-state index in [1.165, 1.54) is 0 Å². The minimum atomic E-state index is 0.0706. The highest BCUT2D eigenvalue weighted by Gasteiger charge is 2.10. The molecular weight excluding hydrogens is 162 g/mol. The Morgan fingerprint density at radius 3 is 2.38 bits per heavy atom. The summed E-state index contributed by atoms with van der Waals surface area (Å²) in [6.07, 6.45) is 0. The van der Waals surface area contributed by atoms with Gasteiger partial charge in [-0.3, -0.25) is 4.79 Å². The van der Waals surface area contributed by atoms with Crippen molar-refractivity contribution >= 4 is 5.91 Å². The zero-order valence-electron chi connectivity index (χ0n) is 8.59. The molecule has 0 bridgehead atoms. The summed E-state index contributed by atoms with van der Waals surface area (Å²) in [7, 11) is 3.54. The fourth-order valence-corrected chi connectivity index (χ4v) is 1.21. The summed E-state index contributed by atoms with van der Waals surface area (Å²) < 4.78 is 0. The van der Waals surface area contributed by atoms with Crippen LogP contribution in [0.3, 0.4) is 0 Å². The van der Waals surface area contributed by atoms with Gasteiger partial charge < -0.3 is 4.90 Å². The lowest BCUT2D eigenvalue weighted by Crippen LogP contribution is -2.22. The second-order valence-electron chi connectivity index (χ2n) is 3.52. The van der Waals surface area contributed by atoms with Gasteiger partial charge in [-0.2, -0.15) is 0 Å². The van der Waals surface area contributed by atoms with Crippen molar-refractivity contribution in [1.82, 2.24) is 4.90 Å². The molecule has 0 N–H and O–H groups in total. The molecule has 0 fully saturated rings. The maximum atomic E-state index is 11.6. The largest absolute Gasteiger partial charge is 0.345 e. The van der Waals surface area contributed by atoms with E-state index in [2.05, 4.69) is 0 Å². The number of carbonyl (C=O) groups is 1. The quantitative estimate of drug-likeness (QED) is 0.642. The van der Waals surface area contributed by atoms with Crippen LogP contribution in [0.1, 0.15) is 21.5 Å². The van der Waals surface area contributed by atoms with Crippen LogP contribution in [0.25, 0.3) is 0 Å². The molecule has 0 spiro atoms. The predicted octanol–water partition coefficient (Wildman–Crippen LogP) is 2.01. The summed E-state index contributed by atoms with van der Waals surface area (Å²) in [6, 6.07) is 5.92. The van der Waals surface area contributed by atoms with Crippen LogP contribution in [-0.4, -0.2) is 24.9 Å². The molecule has 0 aliphatic carbocycles. The minimum Gasteiger partial charge on any atom is -0.345 e. The van der Waals surface area contributed by atoms with E-state index in [-0.39, 0.29) is 5.91 Å². The molecule has 0 aliphatic heterocycles. The number of aryl methyl sites for hydroxylation is 2. The third-order valence-corrected chi connectivity index (χ3v) is 2.03. The van der Waals surface area contributed by atoms with Crippen molar-refractivity contribution in [2.75, 3.05) is 14.1 Å². The number of hydrogen-bond donors (Lipinski definition) is 0. The molecule has 2 heteroatoms. The zero-order chi connectivity index (χ0) is 10.0. The van der Waals surface area contributed by atoms with Crippen LogP contribution in [0.2, 0.25) is 0 Å². The maximum absolute atomic E-state index is 11.6. The highest BCUT2D eigenvalue weighted by atomic mass is 16.2. The van der Waals surface area contributed by atoms with E-state index in [0.29, 0.717) is 0 Å². The number of nitrogens with zero attached hydrogens (tertiary/aromatic N) is 1. The fraction of sp³-hybridized carbons (Fsp3) is 0.364. The fourth-order valence-electron chi connectivity index (χ4n) is 1.21. The van der Waals surface area contributed by atoms with Crippen molar-refractivity contribution in [2.45, 2.75) is 13.8 Å². The van der Waals surface area contributed by atoms with E-state index in [1.54, 1.807) is 19.0 Å². The Morgan fingerprint density at radius 2 is 1.85 bits per heavy atom. The van der Waals surface area contributed by atoms with Gasteiger partial charge in [0, 0.05) is 19.7 Å². The molecule has 0 aliphatic rings. The van der Waals surface area contributed by atoms with Crippen LogP contribution in [0.15, 0.2) is 18.2 Å². The number of carbonyl (C=O) groups excluding carboxylic acids is 1. The van der Waals surface area contributed by atoms with Gasteiger partial charge in [0.1, 0.15) is 0 Å². The molecule has 1 amide bonds. The second-order valence-corrected chi connectivity index (χ2v) is 3.52. The van der Waals surface area contributed by atoms with Crippen LogP contribution in [0.4, 0.5) is 0 Å². The topological polar surface area (TPSA) is 20.3 Å². The molecule has 13 heavy (non-hydrogen) atoms. The van der Waals surface area contributed by atoms with E-state index in [1.807, 2.05) is 32.0 Å². The average Bonchev–Trinajstić information content (AvgIpc) is 2.08. The van der Waals surface area contributed by atoms with Crippen molar-refractivity contribution in [3.63, 3.8) is 0 Å². The van der Waals surface area contributed by atoms with Crippen molar-refractivity contribution in [3.05, 3.63) is 34.9 Å². The third-order valence-electron chi connectivity index (χ3n) is 2.03. The Bertz CT molecular complexity index is 329. The normalized spacial score (nSPS) is 9.85. The highest BCUT2D eigenvalue weighted by molar-refractivity contribution is 5.95. The van der Waals surface area contributed by atoms with Gasteiger partial charge in [0.25, 0.3) is 5.91 Å². The van der Waals surface area contributed by atoms with Crippen molar-refractivity contribution in [3.8, 4) is 0 Å². The van der Waals surface area contributed by atoms with Crippen molar-refractivity contribution in [1.29, 1.82) is 0 Å². The summed E-state index contributed by atoms with van der Waals surface area (Å²) in [5, 5.41) is 0. The smallest absolute Gasteiger partial charge is 0.253 e. The van der Waals surface area contributed by atoms with Crippen molar-refractivity contribution in [2.24, 2.45) is 0 Å². The molecular formula is C11H15NO. The molecule has 0 radical (unpaired) electrons. The van der Waals surface area contributed by atoms with E-state index < -0.39 is 0 Å². The number of rotatable bonds is 1. The molecule has 0 atom stereocenters. The number of benzene rings is 1. The van der Waals surface area contributed by atoms with Crippen LogP contribution < -0.4 is 0 Å². The second kappa shape index (κ2) is 3.60. The molecule has 0 aromatic heterocycles. The summed E-state index contributed by atoms with van der Waals surface area (Å²) in [5.41, 5.74) is 2.95. The maximum Gasteiger partial charge on any atom is 0.253 e. The van der Waals surface area contributed by atoms with Gasteiger partial charge in [-0.25, -0.2) is 0 Å². The third kappa shape index (κ3) is 2.08. The van der Waals surface area contributed by atoms with Crippen LogP contribution >= 0.6 is 0 Å². The van der Waals surface area contributed by atoms with Crippen LogP contribution in [0, 0.1) is 13.8 Å². The average molecular weight is 177 g/mol. The van der Waals surface area contributed by atoms with Gasteiger partial charge in [-0.15, -0.1) is 0 Å². The molecule has 1 aromatic carbocycles. The summed E-state index contributed by atoms with van der Waals surface area (Å²) in [6.45, 7) is 3.95. The molecule has 0 heterocycles.